The van der Waals surface area contributed by atoms with E-state index >= 15 is 0 Å². The van der Waals surface area contributed by atoms with Crippen molar-refractivity contribution in [3.8, 4) is 0 Å². The first-order valence-electron chi connectivity index (χ1n) is 2.48. The van der Waals surface area contributed by atoms with Crippen LogP contribution in [0.5, 0.6) is 0 Å². The number of allylic oxidation sites excluding steroid dienone is 6. The van der Waals surface area contributed by atoms with Crippen LogP contribution in [0.1, 0.15) is 0 Å². The molecule has 0 fully saturated rings. The van der Waals surface area contributed by atoms with Crippen molar-refractivity contribution in [2.45, 2.75) is 0 Å². The minimum Gasteiger partial charge on any atom is -0.0991 e. The lowest BCUT2D eigenvalue weighted by Crippen LogP contribution is -1.45. The van der Waals surface area contributed by atoms with Gasteiger partial charge in [-0.3, -0.25) is 0 Å². The normalized spacial score (nSPS) is 10.5. The van der Waals surface area contributed by atoms with Gasteiger partial charge in [-0.1, -0.05) is 49.6 Å². The molecular weight excluding hydrogens is 96.1 g/mol. The summed E-state index contributed by atoms with van der Waals surface area (Å²) < 4.78 is 0. The molecule has 0 aromatic carbocycles. The van der Waals surface area contributed by atoms with Gasteiger partial charge in [0.2, 0.25) is 0 Å². The molecule has 0 heteroatoms. The molecule has 0 aliphatic heterocycles. The first kappa shape index (κ1) is 6.96. The molecule has 0 aromatic rings. The minimum absolute atomic E-state index is 1.73. The fourth-order valence-electron chi connectivity index (χ4n) is 0.285. The third kappa shape index (κ3) is 4.96. The Kier molecular flexibility index (Phi) is 5.19. The van der Waals surface area contributed by atoms with E-state index in [1.54, 1.807) is 12.2 Å². The molecule has 0 rings (SSSR count). The van der Waals surface area contributed by atoms with Gasteiger partial charge in [-0.2, -0.15) is 0 Å². The van der Waals surface area contributed by atoms with Crippen molar-refractivity contribution >= 4 is 0 Å². The van der Waals surface area contributed by atoms with Crippen LogP contribution in [0.2, 0.25) is 0 Å². The van der Waals surface area contributed by atoms with Gasteiger partial charge in [-0.05, 0) is 0 Å². The molecule has 0 saturated heterocycles. The summed E-state index contributed by atoms with van der Waals surface area (Å²) in [5, 5.41) is 0. The Labute approximate surface area is 50.5 Å². The molecule has 42 valence electrons. The van der Waals surface area contributed by atoms with Gasteiger partial charge in [0.1, 0.15) is 0 Å². The topological polar surface area (TPSA) is 0 Å². The molecule has 0 atom stereocenters. The van der Waals surface area contributed by atoms with E-state index < -0.39 is 0 Å². The highest BCUT2D eigenvalue weighted by atomic mass is 13.6. The van der Waals surface area contributed by atoms with Crippen LogP contribution >= 0.6 is 0 Å². The SMILES string of the molecule is C=C/C=C\C=C/C=C. The van der Waals surface area contributed by atoms with Crippen molar-refractivity contribution in [2.24, 2.45) is 0 Å². The molecule has 0 heterocycles. The summed E-state index contributed by atoms with van der Waals surface area (Å²) in [5.41, 5.74) is 0. The Bertz CT molecular complexity index is 100. The van der Waals surface area contributed by atoms with Crippen LogP contribution in [0, 0.1) is 0 Å². The van der Waals surface area contributed by atoms with E-state index in [0.717, 1.165) is 0 Å². The summed E-state index contributed by atoms with van der Waals surface area (Å²) in [5.74, 6) is 0. The predicted molar refractivity (Wildman–Crippen MR) is 38.7 cm³/mol. The maximum atomic E-state index is 3.51. The molecule has 0 unspecified atom stereocenters. The summed E-state index contributed by atoms with van der Waals surface area (Å²) >= 11 is 0. The van der Waals surface area contributed by atoms with Crippen molar-refractivity contribution in [3.05, 3.63) is 49.6 Å². The second-order valence-corrected chi connectivity index (χ2v) is 1.24. The Morgan fingerprint density at radius 2 is 1.00 bits per heavy atom. The molecule has 0 radical (unpaired) electrons. The summed E-state index contributed by atoms with van der Waals surface area (Å²) in [6.45, 7) is 7.02. The second-order valence-electron chi connectivity index (χ2n) is 1.24. The standard InChI is InChI=1S/C8H10/c1-3-5-7-8-6-4-2/h3-8H,1-2H2/b7-5-,8-6-. The van der Waals surface area contributed by atoms with E-state index in [-0.39, 0.29) is 0 Å². The van der Waals surface area contributed by atoms with E-state index in [4.69, 9.17) is 0 Å². The van der Waals surface area contributed by atoms with Crippen molar-refractivity contribution in [1.29, 1.82) is 0 Å². The van der Waals surface area contributed by atoms with Gasteiger partial charge in [0, 0.05) is 0 Å². The number of hydrogen-bond donors (Lipinski definition) is 0. The highest BCUT2D eigenvalue weighted by molar-refractivity contribution is 5.12. The quantitative estimate of drug-likeness (QED) is 0.485. The van der Waals surface area contributed by atoms with E-state index in [2.05, 4.69) is 13.2 Å². The van der Waals surface area contributed by atoms with Crippen LogP contribution < -0.4 is 0 Å². The molecule has 0 amide bonds. The highest BCUT2D eigenvalue weighted by Gasteiger charge is 1.54. The fraction of sp³-hybridized carbons (Fsp3) is 0. The maximum absolute atomic E-state index is 3.51. The van der Waals surface area contributed by atoms with Crippen molar-refractivity contribution < 1.29 is 0 Å². The zero-order valence-corrected chi connectivity index (χ0v) is 4.88. The average molecular weight is 106 g/mol. The third-order valence-electron chi connectivity index (χ3n) is 0.605. The Morgan fingerprint density at radius 1 is 0.625 bits per heavy atom. The molecule has 0 saturated carbocycles. The summed E-state index contributed by atoms with van der Waals surface area (Å²) in [6.07, 6.45) is 11.0. The zero-order valence-electron chi connectivity index (χ0n) is 4.88. The van der Waals surface area contributed by atoms with Crippen molar-refractivity contribution in [2.75, 3.05) is 0 Å². The van der Waals surface area contributed by atoms with Gasteiger partial charge in [-0.25, -0.2) is 0 Å². The fourth-order valence-corrected chi connectivity index (χ4v) is 0.285. The van der Waals surface area contributed by atoms with Gasteiger partial charge >= 0.3 is 0 Å². The summed E-state index contributed by atoms with van der Waals surface area (Å²) in [6, 6.07) is 0. The summed E-state index contributed by atoms with van der Waals surface area (Å²) in [7, 11) is 0. The molecule has 0 aromatic heterocycles. The molecular formula is C8H10. The van der Waals surface area contributed by atoms with E-state index in [0.29, 0.717) is 0 Å². The van der Waals surface area contributed by atoms with Gasteiger partial charge in [0.15, 0.2) is 0 Å². The van der Waals surface area contributed by atoms with Crippen LogP contribution in [0.4, 0.5) is 0 Å². The smallest absolute Gasteiger partial charge is 0.0623 e. The van der Waals surface area contributed by atoms with Crippen molar-refractivity contribution in [3.63, 3.8) is 0 Å². The largest absolute Gasteiger partial charge is 0.0991 e. The molecule has 0 N–H and O–H groups in total. The Morgan fingerprint density at radius 3 is 1.25 bits per heavy atom. The molecule has 0 bridgehead atoms. The lowest BCUT2D eigenvalue weighted by molar-refractivity contribution is 1.91. The Balaban J connectivity index is 3.41. The third-order valence-corrected chi connectivity index (χ3v) is 0.605. The monoisotopic (exact) mass is 106 g/mol. The number of rotatable bonds is 3. The number of hydrogen-bond acceptors (Lipinski definition) is 0. The zero-order chi connectivity index (χ0) is 6.24. The molecule has 0 nitrogen and oxygen atoms in total. The molecule has 0 aliphatic carbocycles. The van der Waals surface area contributed by atoms with Gasteiger partial charge < -0.3 is 0 Å². The van der Waals surface area contributed by atoms with Crippen LogP contribution in [-0.4, -0.2) is 0 Å². The van der Waals surface area contributed by atoms with Crippen LogP contribution in [0.15, 0.2) is 49.6 Å². The van der Waals surface area contributed by atoms with Gasteiger partial charge in [-0.15, -0.1) is 0 Å². The second kappa shape index (κ2) is 5.96. The van der Waals surface area contributed by atoms with Crippen LogP contribution in [0.25, 0.3) is 0 Å². The first-order chi connectivity index (χ1) is 3.91. The molecule has 8 heavy (non-hydrogen) atoms. The van der Waals surface area contributed by atoms with Crippen LogP contribution in [-0.2, 0) is 0 Å². The van der Waals surface area contributed by atoms with E-state index in [1.165, 1.54) is 0 Å². The molecule has 0 aliphatic rings. The van der Waals surface area contributed by atoms with E-state index in [1.807, 2.05) is 24.3 Å². The van der Waals surface area contributed by atoms with Crippen LogP contribution in [0.3, 0.4) is 0 Å². The first-order valence-corrected chi connectivity index (χ1v) is 2.48. The Hall–Kier alpha value is -1.04. The maximum Gasteiger partial charge on any atom is -0.0623 e. The van der Waals surface area contributed by atoms with Gasteiger partial charge in [0.25, 0.3) is 0 Å². The minimum atomic E-state index is 1.73. The predicted octanol–water partition coefficient (Wildman–Crippen LogP) is 2.47. The molecule has 0 spiro atoms. The lowest BCUT2D eigenvalue weighted by Gasteiger charge is -1.67. The summed E-state index contributed by atoms with van der Waals surface area (Å²) in [4.78, 5) is 0. The van der Waals surface area contributed by atoms with Gasteiger partial charge in [0.05, 0.1) is 0 Å². The van der Waals surface area contributed by atoms with Crippen molar-refractivity contribution in [1.82, 2.24) is 0 Å². The average Bonchev–Trinajstić information content (AvgIpc) is 1.81. The lowest BCUT2D eigenvalue weighted by atomic mass is 10.4. The van der Waals surface area contributed by atoms with E-state index in [9.17, 15) is 0 Å². The highest BCUT2D eigenvalue weighted by Crippen LogP contribution is 1.76.